The largest absolute Gasteiger partial charge is 0.492 e. The Bertz CT molecular complexity index is 1130. The van der Waals surface area contributed by atoms with E-state index < -0.39 is 0 Å². The molecule has 1 aliphatic carbocycles. The zero-order valence-corrected chi connectivity index (χ0v) is 19.5. The van der Waals surface area contributed by atoms with Gasteiger partial charge in [0.1, 0.15) is 10.8 Å². The van der Waals surface area contributed by atoms with Gasteiger partial charge in [-0.25, -0.2) is 0 Å². The quantitative estimate of drug-likeness (QED) is 0.480. The Morgan fingerprint density at radius 3 is 2.56 bits per heavy atom. The van der Waals surface area contributed by atoms with Crippen molar-refractivity contribution in [2.45, 2.75) is 40.0 Å². The van der Waals surface area contributed by atoms with Crippen molar-refractivity contribution in [2.75, 3.05) is 17.2 Å². The summed E-state index contributed by atoms with van der Waals surface area (Å²) >= 11 is 1.52. The number of nitrogens with one attached hydrogen (secondary N) is 2. The molecule has 0 aliphatic heterocycles. The number of hydrogen-bond donors (Lipinski definition) is 2. The lowest BCUT2D eigenvalue weighted by Gasteiger charge is -2.19. The highest BCUT2D eigenvalue weighted by Crippen LogP contribution is 2.40. The number of ether oxygens (including phenoxy) is 1. The van der Waals surface area contributed by atoms with Crippen molar-refractivity contribution in [1.29, 1.82) is 0 Å². The second kappa shape index (κ2) is 9.57. The van der Waals surface area contributed by atoms with Crippen LogP contribution in [0.1, 0.15) is 57.0 Å². The van der Waals surface area contributed by atoms with Crippen molar-refractivity contribution < 1.29 is 14.3 Å². The molecule has 3 aromatic rings. The third kappa shape index (κ3) is 4.70. The van der Waals surface area contributed by atoms with Gasteiger partial charge in [0.2, 0.25) is 0 Å². The van der Waals surface area contributed by atoms with Gasteiger partial charge in [0.25, 0.3) is 11.8 Å². The first-order valence-corrected chi connectivity index (χ1v) is 11.8. The van der Waals surface area contributed by atoms with Gasteiger partial charge < -0.3 is 15.4 Å². The Labute approximate surface area is 192 Å². The molecule has 0 fully saturated rings. The number of hydrogen-bond acceptors (Lipinski definition) is 4. The van der Waals surface area contributed by atoms with E-state index in [-0.39, 0.29) is 11.8 Å². The molecule has 5 nitrogen and oxygen atoms in total. The summed E-state index contributed by atoms with van der Waals surface area (Å²) in [5, 5.41) is 6.64. The van der Waals surface area contributed by atoms with Crippen molar-refractivity contribution in [1.82, 2.24) is 0 Å². The fourth-order valence-corrected chi connectivity index (χ4v) is 5.40. The highest BCUT2D eigenvalue weighted by Gasteiger charge is 2.29. The zero-order valence-electron chi connectivity index (χ0n) is 18.7. The van der Waals surface area contributed by atoms with E-state index in [0.717, 1.165) is 30.4 Å². The molecule has 2 aromatic carbocycles. The molecule has 1 heterocycles. The molecule has 166 valence electrons. The number of aryl methyl sites for hydroxylation is 1. The summed E-state index contributed by atoms with van der Waals surface area (Å²) in [5.41, 5.74) is 3.92. The average molecular weight is 449 g/mol. The molecule has 0 saturated carbocycles. The number of benzene rings is 2. The van der Waals surface area contributed by atoms with E-state index in [9.17, 15) is 9.59 Å². The normalized spacial score (nSPS) is 15.0. The summed E-state index contributed by atoms with van der Waals surface area (Å²) in [4.78, 5) is 27.6. The highest BCUT2D eigenvalue weighted by atomic mass is 32.1. The Balaban J connectivity index is 1.66. The summed E-state index contributed by atoms with van der Waals surface area (Å²) in [6, 6.07) is 14.8. The number of fused-ring (bicyclic) bond motifs is 1. The third-order valence-corrected chi connectivity index (χ3v) is 6.88. The molecule has 0 spiro atoms. The molecular weight excluding hydrogens is 420 g/mol. The second-order valence-electron chi connectivity index (χ2n) is 8.26. The molecule has 2 N–H and O–H groups in total. The first-order valence-electron chi connectivity index (χ1n) is 11.0. The molecule has 1 aromatic heterocycles. The van der Waals surface area contributed by atoms with Crippen molar-refractivity contribution >= 4 is 33.8 Å². The average Bonchev–Trinajstić information content (AvgIpc) is 3.12. The van der Waals surface area contributed by atoms with E-state index in [1.807, 2.05) is 50.2 Å². The molecule has 1 unspecified atom stereocenters. The van der Waals surface area contributed by atoms with Gasteiger partial charge in [-0.05, 0) is 68.9 Å². The maximum Gasteiger partial charge on any atom is 0.259 e. The first kappa shape index (κ1) is 22.1. The van der Waals surface area contributed by atoms with E-state index in [1.165, 1.54) is 16.2 Å². The van der Waals surface area contributed by atoms with E-state index in [4.69, 9.17) is 4.74 Å². The number of para-hydroxylation sites is 2. The summed E-state index contributed by atoms with van der Waals surface area (Å²) < 4.78 is 5.66. The lowest BCUT2D eigenvalue weighted by Crippen LogP contribution is -2.19. The molecule has 6 heteroatoms. The van der Waals surface area contributed by atoms with Crippen molar-refractivity contribution in [3.63, 3.8) is 0 Å². The first-order chi connectivity index (χ1) is 15.5. The SMILES string of the molecule is CCOc1ccccc1NC(=O)c1c(NC(=O)c2ccc(C)cc2)sc2c1CCC(C)C2. The van der Waals surface area contributed by atoms with Gasteiger partial charge in [0.15, 0.2) is 0 Å². The van der Waals surface area contributed by atoms with Crippen LogP contribution in [-0.4, -0.2) is 18.4 Å². The van der Waals surface area contributed by atoms with Gasteiger partial charge in [0, 0.05) is 10.4 Å². The van der Waals surface area contributed by atoms with Crippen LogP contribution in [0.4, 0.5) is 10.7 Å². The number of thiophene rings is 1. The van der Waals surface area contributed by atoms with Crippen LogP contribution in [0.15, 0.2) is 48.5 Å². The molecule has 2 amide bonds. The predicted octanol–water partition coefficient (Wildman–Crippen LogP) is 6.08. The minimum atomic E-state index is -0.219. The maximum absolute atomic E-state index is 13.5. The summed E-state index contributed by atoms with van der Waals surface area (Å²) in [5.74, 6) is 0.770. The lowest BCUT2D eigenvalue weighted by molar-refractivity contribution is 0.102. The molecule has 0 saturated heterocycles. The Morgan fingerprint density at radius 2 is 1.81 bits per heavy atom. The van der Waals surface area contributed by atoms with Crippen LogP contribution in [0, 0.1) is 12.8 Å². The van der Waals surface area contributed by atoms with Gasteiger partial charge in [-0.15, -0.1) is 11.3 Å². The van der Waals surface area contributed by atoms with Crippen LogP contribution in [0.3, 0.4) is 0 Å². The van der Waals surface area contributed by atoms with Crippen molar-refractivity contribution in [3.05, 3.63) is 75.7 Å². The Hall–Kier alpha value is -3.12. The molecule has 0 bridgehead atoms. The Kier molecular flexibility index (Phi) is 6.61. The van der Waals surface area contributed by atoms with Crippen LogP contribution in [-0.2, 0) is 12.8 Å². The molecule has 4 rings (SSSR count). The summed E-state index contributed by atoms with van der Waals surface area (Å²) in [6.07, 6.45) is 2.80. The number of carbonyl (C=O) groups is 2. The fraction of sp³-hybridized carbons (Fsp3) is 0.308. The van der Waals surface area contributed by atoms with E-state index in [1.54, 1.807) is 12.1 Å². The number of amides is 2. The molecule has 32 heavy (non-hydrogen) atoms. The predicted molar refractivity (Wildman–Crippen MR) is 130 cm³/mol. The van der Waals surface area contributed by atoms with Crippen LogP contribution in [0.5, 0.6) is 5.75 Å². The Morgan fingerprint density at radius 1 is 1.06 bits per heavy atom. The molecule has 1 atom stereocenters. The monoisotopic (exact) mass is 448 g/mol. The smallest absolute Gasteiger partial charge is 0.259 e. The summed E-state index contributed by atoms with van der Waals surface area (Å²) in [6.45, 7) is 6.63. The van der Waals surface area contributed by atoms with Crippen LogP contribution < -0.4 is 15.4 Å². The zero-order chi connectivity index (χ0) is 22.7. The minimum Gasteiger partial charge on any atom is -0.492 e. The van der Waals surface area contributed by atoms with E-state index in [2.05, 4.69) is 17.6 Å². The number of rotatable bonds is 6. The van der Waals surface area contributed by atoms with Gasteiger partial charge in [-0.3, -0.25) is 9.59 Å². The topological polar surface area (TPSA) is 67.4 Å². The minimum absolute atomic E-state index is 0.208. The van der Waals surface area contributed by atoms with Gasteiger partial charge >= 0.3 is 0 Å². The fourth-order valence-electron chi connectivity index (χ4n) is 4.00. The van der Waals surface area contributed by atoms with Crippen molar-refractivity contribution in [2.24, 2.45) is 5.92 Å². The maximum atomic E-state index is 13.5. The van der Waals surface area contributed by atoms with Gasteiger partial charge in [-0.2, -0.15) is 0 Å². The van der Waals surface area contributed by atoms with E-state index >= 15 is 0 Å². The lowest BCUT2D eigenvalue weighted by atomic mass is 9.88. The van der Waals surface area contributed by atoms with Crippen LogP contribution >= 0.6 is 11.3 Å². The summed E-state index contributed by atoms with van der Waals surface area (Å²) in [7, 11) is 0. The van der Waals surface area contributed by atoms with Crippen LogP contribution in [0.25, 0.3) is 0 Å². The van der Waals surface area contributed by atoms with E-state index in [0.29, 0.717) is 40.1 Å². The standard InChI is InChI=1S/C26H28N2O3S/c1-4-31-21-8-6-5-7-20(21)27-25(30)23-19-14-11-17(3)15-22(19)32-26(23)28-24(29)18-12-9-16(2)10-13-18/h5-10,12-13,17H,4,11,14-15H2,1-3H3,(H,27,30)(H,28,29). The van der Waals surface area contributed by atoms with Crippen molar-refractivity contribution in [3.8, 4) is 5.75 Å². The number of carbonyl (C=O) groups excluding carboxylic acids is 2. The highest BCUT2D eigenvalue weighted by molar-refractivity contribution is 7.17. The third-order valence-electron chi connectivity index (χ3n) is 5.71. The molecular formula is C26H28N2O3S. The second-order valence-corrected chi connectivity index (χ2v) is 9.36. The molecule has 1 aliphatic rings. The number of anilines is 2. The van der Waals surface area contributed by atoms with Crippen LogP contribution in [0.2, 0.25) is 0 Å². The molecule has 0 radical (unpaired) electrons. The van der Waals surface area contributed by atoms with Gasteiger partial charge in [0.05, 0.1) is 17.9 Å². The van der Waals surface area contributed by atoms with Gasteiger partial charge in [-0.1, -0.05) is 36.8 Å².